The molecule has 2 fully saturated rings. The van der Waals surface area contributed by atoms with E-state index < -0.39 is 17.2 Å². The third-order valence-corrected chi connectivity index (χ3v) is 7.89. The van der Waals surface area contributed by atoms with Gasteiger partial charge in [0.2, 0.25) is 5.95 Å². The van der Waals surface area contributed by atoms with Gasteiger partial charge in [-0.1, -0.05) is 6.07 Å². The first kappa shape index (κ1) is 27.0. The first-order valence-electron chi connectivity index (χ1n) is 14.1. The monoisotopic (exact) mass is 562 g/mol. The minimum absolute atomic E-state index is 0.148. The molecular formula is C29H35FN8O3. The standard InChI is InChI=1S/C29H35FN8O3/c1-29(2,3)41-28(40)36-9-7-18(8-10-36)19-14-32-27(33-15-19)37-11-12-38-20(17-37)16-31-26-24(38)13-23(34-35-26)21-5-4-6-22(30)25(21)39/h4-6,13-15,18,20,39H,7-12,16-17H2,1-3H3,(H,31,35)/t20-/m1/s1. The number of anilines is 3. The number of piperidine rings is 1. The molecule has 216 valence electrons. The van der Waals surface area contributed by atoms with Gasteiger partial charge in [0.15, 0.2) is 17.4 Å². The number of ether oxygens (including phenoxy) is 1. The van der Waals surface area contributed by atoms with Crippen LogP contribution in [0.1, 0.15) is 45.1 Å². The van der Waals surface area contributed by atoms with Gasteiger partial charge in [0.25, 0.3) is 0 Å². The van der Waals surface area contributed by atoms with Gasteiger partial charge in [0, 0.05) is 57.2 Å². The van der Waals surface area contributed by atoms with Gasteiger partial charge in [-0.2, -0.15) is 0 Å². The number of aromatic nitrogens is 4. The molecule has 0 saturated carbocycles. The van der Waals surface area contributed by atoms with Crippen molar-refractivity contribution in [3.05, 3.63) is 48.0 Å². The average Bonchev–Trinajstić information content (AvgIpc) is 2.97. The van der Waals surface area contributed by atoms with Crippen molar-refractivity contribution in [3.8, 4) is 17.0 Å². The molecule has 0 spiro atoms. The summed E-state index contributed by atoms with van der Waals surface area (Å²) in [6.07, 6.45) is 5.30. The van der Waals surface area contributed by atoms with Crippen molar-refractivity contribution in [1.29, 1.82) is 0 Å². The van der Waals surface area contributed by atoms with E-state index in [9.17, 15) is 14.3 Å². The minimum Gasteiger partial charge on any atom is -0.504 e. The predicted molar refractivity (Wildman–Crippen MR) is 153 cm³/mol. The molecule has 2 aromatic heterocycles. The highest BCUT2D eigenvalue weighted by Crippen LogP contribution is 2.37. The van der Waals surface area contributed by atoms with Gasteiger partial charge in [0.1, 0.15) is 5.60 Å². The largest absolute Gasteiger partial charge is 0.504 e. The van der Waals surface area contributed by atoms with E-state index >= 15 is 0 Å². The van der Waals surface area contributed by atoms with Crippen molar-refractivity contribution < 1.29 is 19.0 Å². The number of amides is 1. The van der Waals surface area contributed by atoms with Crippen LogP contribution in [-0.2, 0) is 4.74 Å². The Kier molecular flexibility index (Phi) is 7.00. The number of likely N-dealkylation sites (tertiary alicyclic amines) is 1. The summed E-state index contributed by atoms with van der Waals surface area (Å²) in [5, 5.41) is 22.1. The Labute approximate surface area is 238 Å². The lowest BCUT2D eigenvalue weighted by molar-refractivity contribution is 0.0204. The van der Waals surface area contributed by atoms with Crippen molar-refractivity contribution in [1.82, 2.24) is 25.1 Å². The van der Waals surface area contributed by atoms with Crippen LogP contribution in [-0.4, -0.2) is 87.2 Å². The number of rotatable bonds is 3. The molecule has 3 aliphatic rings. The number of hydrogen-bond donors (Lipinski definition) is 2. The molecule has 12 heteroatoms. The number of piperazine rings is 1. The topological polar surface area (TPSA) is 120 Å². The molecule has 41 heavy (non-hydrogen) atoms. The maximum atomic E-state index is 13.9. The van der Waals surface area contributed by atoms with E-state index in [-0.39, 0.29) is 12.1 Å². The van der Waals surface area contributed by atoms with Crippen LogP contribution in [0.15, 0.2) is 36.7 Å². The number of para-hydroxylation sites is 1. The molecule has 3 aromatic rings. The lowest BCUT2D eigenvalue weighted by Crippen LogP contribution is -2.58. The van der Waals surface area contributed by atoms with Crippen LogP contribution in [0, 0.1) is 5.82 Å². The molecule has 1 atom stereocenters. The second-order valence-electron chi connectivity index (χ2n) is 11.8. The van der Waals surface area contributed by atoms with Crippen LogP contribution < -0.4 is 15.1 Å². The molecule has 2 N–H and O–H groups in total. The molecule has 0 unspecified atom stereocenters. The zero-order valence-electron chi connectivity index (χ0n) is 23.5. The van der Waals surface area contributed by atoms with E-state index in [1.54, 1.807) is 17.0 Å². The van der Waals surface area contributed by atoms with Crippen LogP contribution in [0.5, 0.6) is 5.75 Å². The van der Waals surface area contributed by atoms with E-state index in [4.69, 9.17) is 14.7 Å². The minimum atomic E-state index is -0.691. The predicted octanol–water partition coefficient (Wildman–Crippen LogP) is 4.01. The number of carbonyl (C=O) groups excluding carboxylic acids is 1. The first-order valence-corrected chi connectivity index (χ1v) is 14.1. The fourth-order valence-electron chi connectivity index (χ4n) is 5.75. The molecule has 0 radical (unpaired) electrons. The summed E-state index contributed by atoms with van der Waals surface area (Å²) in [4.78, 5) is 28.1. The quantitative estimate of drug-likeness (QED) is 0.484. The fourth-order valence-corrected chi connectivity index (χ4v) is 5.75. The van der Waals surface area contributed by atoms with Crippen molar-refractivity contribution in [2.75, 3.05) is 54.4 Å². The van der Waals surface area contributed by atoms with Crippen molar-refractivity contribution in [3.63, 3.8) is 0 Å². The van der Waals surface area contributed by atoms with Gasteiger partial charge in [-0.15, -0.1) is 10.2 Å². The van der Waals surface area contributed by atoms with Crippen LogP contribution in [0.4, 0.5) is 26.6 Å². The highest BCUT2D eigenvalue weighted by Gasteiger charge is 2.34. The first-order chi connectivity index (χ1) is 19.7. The van der Waals surface area contributed by atoms with E-state index in [2.05, 4.69) is 25.3 Å². The van der Waals surface area contributed by atoms with Gasteiger partial charge >= 0.3 is 6.09 Å². The SMILES string of the molecule is CC(C)(C)OC(=O)N1CCC(c2cnc(N3CCN4c5cc(-c6cccc(F)c6O)nnc5NC[C@@H]4C3)nc2)CC1. The molecule has 11 nitrogen and oxygen atoms in total. The van der Waals surface area contributed by atoms with Gasteiger partial charge in [-0.05, 0) is 63.3 Å². The van der Waals surface area contributed by atoms with Gasteiger partial charge in [-0.3, -0.25) is 0 Å². The smallest absolute Gasteiger partial charge is 0.410 e. The zero-order valence-corrected chi connectivity index (χ0v) is 23.5. The maximum Gasteiger partial charge on any atom is 0.410 e. The maximum absolute atomic E-state index is 13.9. The van der Waals surface area contributed by atoms with Crippen molar-refractivity contribution >= 4 is 23.5 Å². The Morgan fingerprint density at radius 1 is 1.10 bits per heavy atom. The molecule has 0 bridgehead atoms. The summed E-state index contributed by atoms with van der Waals surface area (Å²) < 4.78 is 19.5. The van der Waals surface area contributed by atoms with Crippen LogP contribution in [0.3, 0.4) is 0 Å². The number of phenols is 1. The summed E-state index contributed by atoms with van der Waals surface area (Å²) in [5.41, 5.74) is 2.20. The van der Waals surface area contributed by atoms with Gasteiger partial charge in [-0.25, -0.2) is 19.2 Å². The lowest BCUT2D eigenvalue weighted by Gasteiger charge is -2.45. The normalized spacial score (nSPS) is 19.3. The number of nitrogens with one attached hydrogen (secondary N) is 1. The Bertz CT molecular complexity index is 1420. The second kappa shape index (κ2) is 10.6. The number of phenolic OH excluding ortho intramolecular Hbond substituents is 1. The number of carbonyl (C=O) groups is 1. The zero-order chi connectivity index (χ0) is 28.7. The van der Waals surface area contributed by atoms with Crippen LogP contribution in [0.2, 0.25) is 0 Å². The highest BCUT2D eigenvalue weighted by atomic mass is 19.1. The van der Waals surface area contributed by atoms with E-state index in [1.807, 2.05) is 39.2 Å². The molecule has 2 saturated heterocycles. The van der Waals surface area contributed by atoms with Gasteiger partial charge < -0.3 is 29.9 Å². The molecule has 1 amide bonds. The summed E-state index contributed by atoms with van der Waals surface area (Å²) >= 11 is 0. The molecule has 0 aliphatic carbocycles. The van der Waals surface area contributed by atoms with Crippen molar-refractivity contribution in [2.24, 2.45) is 0 Å². The van der Waals surface area contributed by atoms with Crippen LogP contribution in [0.25, 0.3) is 11.3 Å². The Morgan fingerprint density at radius 3 is 2.59 bits per heavy atom. The number of nitrogens with zero attached hydrogens (tertiary/aromatic N) is 7. The average molecular weight is 563 g/mol. The number of fused-ring (bicyclic) bond motifs is 3. The third kappa shape index (κ3) is 5.55. The summed E-state index contributed by atoms with van der Waals surface area (Å²) in [6.45, 7) is 9.83. The summed E-state index contributed by atoms with van der Waals surface area (Å²) in [6, 6.07) is 6.39. The summed E-state index contributed by atoms with van der Waals surface area (Å²) in [5.74, 6) is 0.563. The molecule has 5 heterocycles. The van der Waals surface area contributed by atoms with Crippen LogP contribution >= 0.6 is 0 Å². The Morgan fingerprint density at radius 2 is 1.85 bits per heavy atom. The highest BCUT2D eigenvalue weighted by molar-refractivity contribution is 5.77. The lowest BCUT2D eigenvalue weighted by atomic mass is 9.91. The van der Waals surface area contributed by atoms with E-state index in [1.165, 1.54) is 6.07 Å². The molecule has 1 aromatic carbocycles. The van der Waals surface area contributed by atoms with E-state index in [0.717, 1.165) is 43.7 Å². The number of halogens is 1. The van der Waals surface area contributed by atoms with Gasteiger partial charge in [0.05, 0.1) is 17.4 Å². The Hall–Kier alpha value is -4.22. The third-order valence-electron chi connectivity index (χ3n) is 7.89. The molecule has 3 aliphatic heterocycles. The number of hydrogen-bond acceptors (Lipinski definition) is 10. The number of benzene rings is 1. The van der Waals surface area contributed by atoms with E-state index in [0.29, 0.717) is 48.6 Å². The molecular weight excluding hydrogens is 527 g/mol. The number of aromatic hydroxyl groups is 1. The Balaban J connectivity index is 1.09. The fraction of sp³-hybridized carbons (Fsp3) is 0.483. The second-order valence-corrected chi connectivity index (χ2v) is 11.8. The molecule has 6 rings (SSSR count). The summed E-state index contributed by atoms with van der Waals surface area (Å²) in [7, 11) is 0. The van der Waals surface area contributed by atoms with Crippen molar-refractivity contribution in [2.45, 2.75) is 51.2 Å².